The summed E-state index contributed by atoms with van der Waals surface area (Å²) in [5, 5.41) is 9.03. The number of hydrogen-bond donors (Lipinski definition) is 1. The van der Waals surface area contributed by atoms with E-state index in [9.17, 15) is 9.59 Å². The van der Waals surface area contributed by atoms with Crippen LogP contribution in [0.4, 0.5) is 0 Å². The minimum Gasteiger partial charge on any atom is -0.480 e. The second kappa shape index (κ2) is 4.64. The molecule has 0 radical (unpaired) electrons. The zero-order valence-electron chi connectivity index (χ0n) is 10.4. The molecule has 0 saturated carbocycles. The number of hydrogen-bond acceptors (Lipinski definition) is 2. The van der Waals surface area contributed by atoms with Crippen LogP contribution in [0, 0.1) is 11.3 Å². The van der Waals surface area contributed by atoms with Crippen LogP contribution < -0.4 is 0 Å². The van der Waals surface area contributed by atoms with E-state index in [4.69, 9.17) is 5.11 Å². The Kier molecular flexibility index (Phi) is 4.31. The van der Waals surface area contributed by atoms with Crippen molar-refractivity contribution < 1.29 is 14.7 Å². The molecule has 0 heterocycles. The quantitative estimate of drug-likeness (QED) is 0.778. The predicted molar refractivity (Wildman–Crippen MR) is 58.5 cm³/mol. The van der Waals surface area contributed by atoms with Gasteiger partial charge in [0.15, 0.2) is 0 Å². The summed E-state index contributed by atoms with van der Waals surface area (Å²) in [6.07, 6.45) is 0. The Bertz CT molecular complexity index is 253. The summed E-state index contributed by atoms with van der Waals surface area (Å²) in [5.41, 5.74) is -0.544. The van der Waals surface area contributed by atoms with Gasteiger partial charge >= 0.3 is 5.97 Å². The van der Waals surface area contributed by atoms with Gasteiger partial charge in [0.2, 0.25) is 5.91 Å². The minimum atomic E-state index is -0.954. The van der Waals surface area contributed by atoms with Crippen LogP contribution in [0.1, 0.15) is 34.6 Å². The third kappa shape index (κ3) is 3.53. The second-order valence-corrected chi connectivity index (χ2v) is 5.19. The van der Waals surface area contributed by atoms with Gasteiger partial charge in [0.05, 0.1) is 0 Å². The number of carboxylic acids is 1. The molecule has 15 heavy (non-hydrogen) atoms. The van der Waals surface area contributed by atoms with Gasteiger partial charge in [0, 0.05) is 12.5 Å². The predicted octanol–water partition coefficient (Wildman–Crippen LogP) is 1.60. The molecule has 0 fully saturated rings. The van der Waals surface area contributed by atoms with Gasteiger partial charge in [-0.05, 0) is 5.92 Å². The molecular formula is C11H21NO3. The lowest BCUT2D eigenvalue weighted by Gasteiger charge is -2.32. The molecule has 88 valence electrons. The molecule has 4 heteroatoms. The summed E-state index contributed by atoms with van der Waals surface area (Å²) in [5.74, 6) is -1.20. The van der Waals surface area contributed by atoms with Crippen molar-refractivity contribution in [3.8, 4) is 0 Å². The molecule has 1 N–H and O–H groups in total. The van der Waals surface area contributed by atoms with E-state index < -0.39 is 17.4 Å². The van der Waals surface area contributed by atoms with Crippen LogP contribution in [-0.2, 0) is 9.59 Å². The molecule has 0 unspecified atom stereocenters. The highest BCUT2D eigenvalue weighted by molar-refractivity contribution is 5.86. The number of carbonyl (C=O) groups excluding carboxylic acids is 1. The van der Waals surface area contributed by atoms with Crippen molar-refractivity contribution in [2.24, 2.45) is 11.3 Å². The highest BCUT2D eigenvalue weighted by atomic mass is 16.4. The van der Waals surface area contributed by atoms with E-state index in [1.807, 2.05) is 0 Å². The molecule has 0 spiro atoms. The lowest BCUT2D eigenvalue weighted by atomic mass is 9.92. The average molecular weight is 215 g/mol. The van der Waals surface area contributed by atoms with Crippen LogP contribution in [-0.4, -0.2) is 35.0 Å². The molecule has 0 aliphatic carbocycles. The van der Waals surface area contributed by atoms with Gasteiger partial charge in [0.1, 0.15) is 6.04 Å². The molecular weight excluding hydrogens is 194 g/mol. The topological polar surface area (TPSA) is 57.6 Å². The summed E-state index contributed by atoms with van der Waals surface area (Å²) in [6.45, 7) is 8.94. The number of amides is 1. The van der Waals surface area contributed by atoms with Gasteiger partial charge < -0.3 is 10.0 Å². The average Bonchev–Trinajstić information content (AvgIpc) is 1.99. The SMILES string of the molecule is CC(C)[C@@H](C(=O)O)N(C)C(=O)C(C)(C)C. The Morgan fingerprint density at radius 2 is 1.60 bits per heavy atom. The lowest BCUT2D eigenvalue weighted by Crippen LogP contribution is -2.49. The number of aliphatic carboxylic acids is 1. The second-order valence-electron chi connectivity index (χ2n) is 5.19. The molecule has 0 saturated heterocycles. The first-order valence-corrected chi connectivity index (χ1v) is 5.09. The Hall–Kier alpha value is -1.06. The van der Waals surface area contributed by atoms with Gasteiger partial charge in [-0.3, -0.25) is 4.79 Å². The maximum atomic E-state index is 11.9. The number of likely N-dealkylation sites (N-methyl/N-ethyl adjacent to an activating group) is 1. The first kappa shape index (κ1) is 13.9. The molecule has 0 aromatic heterocycles. The zero-order valence-corrected chi connectivity index (χ0v) is 10.4. The van der Waals surface area contributed by atoms with Gasteiger partial charge in [0.25, 0.3) is 0 Å². The number of carbonyl (C=O) groups is 2. The molecule has 0 aliphatic heterocycles. The normalized spacial score (nSPS) is 13.8. The Morgan fingerprint density at radius 1 is 1.20 bits per heavy atom. The van der Waals surface area contributed by atoms with E-state index in [-0.39, 0.29) is 11.8 Å². The summed E-state index contributed by atoms with van der Waals surface area (Å²) in [4.78, 5) is 24.2. The Balaban J connectivity index is 4.88. The molecule has 4 nitrogen and oxygen atoms in total. The number of nitrogens with zero attached hydrogens (tertiary/aromatic N) is 1. The maximum Gasteiger partial charge on any atom is 0.326 e. The van der Waals surface area contributed by atoms with E-state index >= 15 is 0 Å². The Morgan fingerprint density at radius 3 is 1.80 bits per heavy atom. The molecule has 0 aromatic carbocycles. The van der Waals surface area contributed by atoms with Crippen molar-refractivity contribution in [1.82, 2.24) is 4.90 Å². The fourth-order valence-corrected chi connectivity index (χ4v) is 1.55. The fourth-order valence-electron chi connectivity index (χ4n) is 1.55. The van der Waals surface area contributed by atoms with Crippen molar-refractivity contribution in [2.45, 2.75) is 40.7 Å². The highest BCUT2D eigenvalue weighted by Gasteiger charge is 2.34. The van der Waals surface area contributed by atoms with Crippen molar-refractivity contribution in [1.29, 1.82) is 0 Å². The summed E-state index contributed by atoms with van der Waals surface area (Å²) in [7, 11) is 1.55. The molecule has 0 aromatic rings. The third-order valence-corrected chi connectivity index (χ3v) is 2.26. The van der Waals surface area contributed by atoms with Crippen LogP contribution in [0.2, 0.25) is 0 Å². The maximum absolute atomic E-state index is 11.9. The first-order valence-electron chi connectivity index (χ1n) is 5.09. The summed E-state index contributed by atoms with van der Waals surface area (Å²) < 4.78 is 0. The van der Waals surface area contributed by atoms with E-state index in [2.05, 4.69) is 0 Å². The first-order chi connectivity index (χ1) is 6.59. The van der Waals surface area contributed by atoms with Crippen LogP contribution in [0.15, 0.2) is 0 Å². The van der Waals surface area contributed by atoms with Gasteiger partial charge in [-0.25, -0.2) is 4.79 Å². The van der Waals surface area contributed by atoms with Crippen LogP contribution >= 0.6 is 0 Å². The van der Waals surface area contributed by atoms with Gasteiger partial charge in [-0.15, -0.1) is 0 Å². The van der Waals surface area contributed by atoms with E-state index in [1.165, 1.54) is 4.90 Å². The standard InChI is InChI=1S/C11H21NO3/c1-7(2)8(9(13)14)12(6)10(15)11(3,4)5/h7-8H,1-6H3,(H,13,14)/t8-/m0/s1. The van der Waals surface area contributed by atoms with E-state index in [0.29, 0.717) is 0 Å². The number of carboxylic acid groups (broad SMARTS) is 1. The Labute approximate surface area is 91.3 Å². The summed E-state index contributed by atoms with van der Waals surface area (Å²) in [6, 6.07) is -0.753. The van der Waals surface area contributed by atoms with Crippen molar-refractivity contribution in [2.75, 3.05) is 7.05 Å². The largest absolute Gasteiger partial charge is 0.480 e. The van der Waals surface area contributed by atoms with Gasteiger partial charge in [-0.1, -0.05) is 34.6 Å². The molecule has 0 bridgehead atoms. The van der Waals surface area contributed by atoms with E-state index in [0.717, 1.165) is 0 Å². The smallest absolute Gasteiger partial charge is 0.326 e. The number of rotatable bonds is 3. The lowest BCUT2D eigenvalue weighted by molar-refractivity contribution is -0.154. The molecule has 1 amide bonds. The monoisotopic (exact) mass is 215 g/mol. The molecule has 1 atom stereocenters. The van der Waals surface area contributed by atoms with Crippen molar-refractivity contribution >= 4 is 11.9 Å². The van der Waals surface area contributed by atoms with Crippen molar-refractivity contribution in [3.05, 3.63) is 0 Å². The summed E-state index contributed by atoms with van der Waals surface area (Å²) >= 11 is 0. The third-order valence-electron chi connectivity index (χ3n) is 2.26. The fraction of sp³-hybridized carbons (Fsp3) is 0.818. The van der Waals surface area contributed by atoms with Crippen molar-refractivity contribution in [3.63, 3.8) is 0 Å². The van der Waals surface area contributed by atoms with Crippen LogP contribution in [0.25, 0.3) is 0 Å². The minimum absolute atomic E-state index is 0.0983. The van der Waals surface area contributed by atoms with Gasteiger partial charge in [-0.2, -0.15) is 0 Å². The van der Waals surface area contributed by atoms with E-state index in [1.54, 1.807) is 41.7 Å². The molecule has 0 aliphatic rings. The van der Waals surface area contributed by atoms with Crippen LogP contribution in [0.3, 0.4) is 0 Å². The highest BCUT2D eigenvalue weighted by Crippen LogP contribution is 2.20. The molecule has 0 rings (SSSR count). The van der Waals surface area contributed by atoms with Crippen LogP contribution in [0.5, 0.6) is 0 Å². The zero-order chi connectivity index (χ0) is 12.4.